The van der Waals surface area contributed by atoms with Crippen LogP contribution in [0.1, 0.15) is 32.8 Å². The van der Waals surface area contributed by atoms with E-state index in [2.05, 4.69) is 15.9 Å². The van der Waals surface area contributed by atoms with Gasteiger partial charge in [0.1, 0.15) is 0 Å². The van der Waals surface area contributed by atoms with Crippen molar-refractivity contribution in [1.29, 1.82) is 0 Å². The van der Waals surface area contributed by atoms with E-state index in [4.69, 9.17) is 9.47 Å². The molecule has 0 bridgehead atoms. The molecule has 0 unspecified atom stereocenters. The van der Waals surface area contributed by atoms with Gasteiger partial charge in [0.2, 0.25) is 0 Å². The number of halogens is 1. The van der Waals surface area contributed by atoms with Gasteiger partial charge in [0, 0.05) is 23.9 Å². The van der Waals surface area contributed by atoms with Crippen LogP contribution in [-0.2, 0) is 19.1 Å². The summed E-state index contributed by atoms with van der Waals surface area (Å²) in [7, 11) is 0. The van der Waals surface area contributed by atoms with Crippen LogP contribution >= 0.6 is 15.9 Å². The Balaban J connectivity index is 3.08. The van der Waals surface area contributed by atoms with Crippen LogP contribution in [0.4, 0.5) is 0 Å². The van der Waals surface area contributed by atoms with Gasteiger partial charge in [-0.1, -0.05) is 41.1 Å². The molecule has 1 aromatic carbocycles. The monoisotopic (exact) mass is 340 g/mol. The van der Waals surface area contributed by atoms with Gasteiger partial charge in [-0.3, -0.25) is 9.59 Å². The van der Waals surface area contributed by atoms with Crippen molar-refractivity contribution >= 4 is 33.9 Å². The van der Waals surface area contributed by atoms with Crippen LogP contribution in [0, 0.1) is 0 Å². The maximum Gasteiger partial charge on any atom is 0.305 e. The molecule has 0 heterocycles. The van der Waals surface area contributed by atoms with Gasteiger partial charge in [0.05, 0.1) is 0 Å². The van der Waals surface area contributed by atoms with Gasteiger partial charge >= 0.3 is 11.9 Å². The van der Waals surface area contributed by atoms with Crippen molar-refractivity contribution in [1.82, 2.24) is 0 Å². The molecule has 0 saturated heterocycles. The van der Waals surface area contributed by atoms with E-state index in [-0.39, 0.29) is 0 Å². The fourth-order valence-electron chi connectivity index (χ4n) is 1.61. The lowest BCUT2D eigenvalue weighted by Crippen LogP contribution is -2.24. The first-order chi connectivity index (χ1) is 9.43. The number of ether oxygens (including phenoxy) is 2. The first kappa shape index (κ1) is 16.4. The Morgan fingerprint density at radius 2 is 1.75 bits per heavy atom. The number of carbonyl (C=O) groups is 2. The standard InChI is InChI=1S/C15H17BrO4/c1-4-12(9-13-7-5-6-8-14(13)16)15(19-10(2)17)20-11(3)18/h5-9,15H,4H2,1-3H3. The smallest absolute Gasteiger partial charge is 0.305 e. The molecule has 0 aromatic heterocycles. The highest BCUT2D eigenvalue weighted by molar-refractivity contribution is 9.10. The number of esters is 2. The van der Waals surface area contributed by atoms with Gasteiger partial charge in [0.15, 0.2) is 0 Å². The van der Waals surface area contributed by atoms with E-state index in [1.807, 2.05) is 37.3 Å². The van der Waals surface area contributed by atoms with E-state index in [1.54, 1.807) is 0 Å². The van der Waals surface area contributed by atoms with Crippen molar-refractivity contribution in [3.05, 3.63) is 39.9 Å². The molecule has 0 fully saturated rings. The maximum absolute atomic E-state index is 11.1. The Morgan fingerprint density at radius 1 is 1.20 bits per heavy atom. The topological polar surface area (TPSA) is 52.6 Å². The third-order valence-corrected chi connectivity index (χ3v) is 3.23. The molecule has 0 aliphatic rings. The fourth-order valence-corrected chi connectivity index (χ4v) is 2.00. The van der Waals surface area contributed by atoms with Crippen LogP contribution < -0.4 is 0 Å². The third kappa shape index (κ3) is 5.17. The van der Waals surface area contributed by atoms with Crippen LogP contribution in [0.15, 0.2) is 34.3 Å². The molecule has 0 aliphatic heterocycles. The molecule has 0 atom stereocenters. The number of hydrogen-bond acceptors (Lipinski definition) is 4. The summed E-state index contributed by atoms with van der Waals surface area (Å²) < 4.78 is 11.0. The highest BCUT2D eigenvalue weighted by Crippen LogP contribution is 2.23. The first-order valence-corrected chi connectivity index (χ1v) is 7.02. The van der Waals surface area contributed by atoms with Gasteiger partial charge in [-0.05, 0) is 24.1 Å². The molecule has 0 saturated carbocycles. The van der Waals surface area contributed by atoms with Gasteiger partial charge < -0.3 is 9.47 Å². The van der Waals surface area contributed by atoms with Crippen LogP contribution in [0.25, 0.3) is 6.08 Å². The number of rotatable bonds is 5. The molecule has 0 amide bonds. The minimum atomic E-state index is -0.984. The van der Waals surface area contributed by atoms with E-state index in [0.717, 1.165) is 10.0 Å². The minimum Gasteiger partial charge on any atom is -0.421 e. The molecule has 4 nitrogen and oxygen atoms in total. The van der Waals surface area contributed by atoms with Gasteiger partial charge in [0.25, 0.3) is 6.29 Å². The van der Waals surface area contributed by atoms with Crippen molar-refractivity contribution in [2.45, 2.75) is 33.5 Å². The summed E-state index contributed by atoms with van der Waals surface area (Å²) in [5.74, 6) is -0.995. The van der Waals surface area contributed by atoms with Crippen molar-refractivity contribution in [3.8, 4) is 0 Å². The molecule has 0 N–H and O–H groups in total. The second-order valence-electron chi connectivity index (χ2n) is 4.15. The van der Waals surface area contributed by atoms with E-state index in [9.17, 15) is 9.59 Å². The van der Waals surface area contributed by atoms with E-state index >= 15 is 0 Å². The molecule has 20 heavy (non-hydrogen) atoms. The third-order valence-electron chi connectivity index (χ3n) is 2.50. The zero-order valence-electron chi connectivity index (χ0n) is 11.7. The molecule has 1 rings (SSSR count). The molecule has 5 heteroatoms. The Labute approximate surface area is 126 Å². The normalized spacial score (nSPS) is 11.3. The summed E-state index contributed by atoms with van der Waals surface area (Å²) in [6.07, 6.45) is 1.45. The van der Waals surface area contributed by atoms with E-state index < -0.39 is 18.2 Å². The molecule has 0 aliphatic carbocycles. The molecular formula is C15H17BrO4. The predicted octanol–water partition coefficient (Wildman–Crippen LogP) is 3.69. The van der Waals surface area contributed by atoms with Crippen LogP contribution in [0.5, 0.6) is 0 Å². The Hall–Kier alpha value is -1.62. The van der Waals surface area contributed by atoms with Gasteiger partial charge in [-0.25, -0.2) is 0 Å². The highest BCUT2D eigenvalue weighted by atomic mass is 79.9. The van der Waals surface area contributed by atoms with Crippen LogP contribution in [0.3, 0.4) is 0 Å². The maximum atomic E-state index is 11.1. The summed E-state index contributed by atoms with van der Waals surface area (Å²) in [4.78, 5) is 22.3. The Morgan fingerprint density at radius 3 is 2.20 bits per heavy atom. The number of carbonyl (C=O) groups excluding carboxylic acids is 2. The van der Waals surface area contributed by atoms with Crippen molar-refractivity contribution in [2.75, 3.05) is 0 Å². The molecule has 1 aromatic rings. The van der Waals surface area contributed by atoms with Gasteiger partial charge in [-0.15, -0.1) is 0 Å². The largest absolute Gasteiger partial charge is 0.421 e. The lowest BCUT2D eigenvalue weighted by atomic mass is 10.1. The second-order valence-corrected chi connectivity index (χ2v) is 5.00. The Bertz CT molecular complexity index is 506. The zero-order valence-corrected chi connectivity index (χ0v) is 13.3. The van der Waals surface area contributed by atoms with Crippen LogP contribution in [-0.4, -0.2) is 18.2 Å². The van der Waals surface area contributed by atoms with Crippen molar-refractivity contribution in [3.63, 3.8) is 0 Å². The van der Waals surface area contributed by atoms with E-state index in [0.29, 0.717) is 12.0 Å². The van der Waals surface area contributed by atoms with Gasteiger partial charge in [-0.2, -0.15) is 0 Å². The number of hydrogen-bond donors (Lipinski definition) is 0. The van der Waals surface area contributed by atoms with Crippen molar-refractivity contribution in [2.24, 2.45) is 0 Å². The molecular weight excluding hydrogens is 324 g/mol. The van der Waals surface area contributed by atoms with Crippen LogP contribution in [0.2, 0.25) is 0 Å². The minimum absolute atomic E-state index is 0.497. The quantitative estimate of drug-likeness (QED) is 0.605. The molecule has 0 spiro atoms. The predicted molar refractivity (Wildman–Crippen MR) is 79.7 cm³/mol. The average molecular weight is 341 g/mol. The molecule has 108 valence electrons. The summed E-state index contributed by atoms with van der Waals surface area (Å²) >= 11 is 3.44. The summed E-state index contributed by atoms with van der Waals surface area (Å²) in [6.45, 7) is 4.47. The average Bonchev–Trinajstić information content (AvgIpc) is 2.36. The summed E-state index contributed by atoms with van der Waals surface area (Å²) in [5, 5.41) is 0. The molecule has 0 radical (unpaired) electrons. The fraction of sp³-hybridized carbons (Fsp3) is 0.333. The lowest BCUT2D eigenvalue weighted by Gasteiger charge is -2.19. The first-order valence-electron chi connectivity index (χ1n) is 6.23. The van der Waals surface area contributed by atoms with E-state index in [1.165, 1.54) is 13.8 Å². The SMILES string of the molecule is CCC(=Cc1ccccc1Br)C(OC(C)=O)OC(C)=O. The summed E-state index contributed by atoms with van der Waals surface area (Å²) in [6, 6.07) is 7.63. The number of benzene rings is 1. The highest BCUT2D eigenvalue weighted by Gasteiger charge is 2.19. The van der Waals surface area contributed by atoms with Crippen molar-refractivity contribution < 1.29 is 19.1 Å². The zero-order chi connectivity index (χ0) is 15.1. The second kappa shape index (κ2) is 7.85. The Kier molecular flexibility index (Phi) is 6.45. The summed E-state index contributed by atoms with van der Waals surface area (Å²) in [5.41, 5.74) is 1.64. The lowest BCUT2D eigenvalue weighted by molar-refractivity contribution is -0.178.